The Morgan fingerprint density at radius 3 is 2.90 bits per heavy atom. The summed E-state index contributed by atoms with van der Waals surface area (Å²) in [4.78, 5) is 19.0. The zero-order chi connectivity index (χ0) is 14.8. The van der Waals surface area contributed by atoms with Crippen molar-refractivity contribution < 1.29 is 0 Å². The maximum atomic E-state index is 6.00. The SMILES string of the molecule is CC1CN(C)CCC1Nc1nc(Cl)nc(-n2ccnc2)n1. The molecule has 0 amide bonds. The number of nitrogens with one attached hydrogen (secondary N) is 1. The van der Waals surface area contributed by atoms with Gasteiger partial charge >= 0.3 is 0 Å². The molecule has 0 aromatic carbocycles. The van der Waals surface area contributed by atoms with Gasteiger partial charge in [0.1, 0.15) is 6.33 Å². The van der Waals surface area contributed by atoms with E-state index < -0.39 is 0 Å². The van der Waals surface area contributed by atoms with Gasteiger partial charge in [-0.2, -0.15) is 15.0 Å². The van der Waals surface area contributed by atoms with Gasteiger partial charge in [-0.25, -0.2) is 4.98 Å². The van der Waals surface area contributed by atoms with Crippen LogP contribution in [-0.2, 0) is 0 Å². The van der Waals surface area contributed by atoms with Crippen LogP contribution in [0.1, 0.15) is 13.3 Å². The molecule has 2 atom stereocenters. The molecule has 1 aliphatic rings. The predicted molar refractivity (Wildman–Crippen MR) is 80.6 cm³/mol. The normalized spacial score (nSPS) is 23.2. The number of hydrogen-bond donors (Lipinski definition) is 1. The van der Waals surface area contributed by atoms with Crippen molar-refractivity contribution in [3.8, 4) is 5.95 Å². The molecule has 3 rings (SSSR count). The number of piperidine rings is 1. The molecule has 0 saturated carbocycles. The van der Waals surface area contributed by atoms with Crippen LogP contribution in [0.15, 0.2) is 18.7 Å². The van der Waals surface area contributed by atoms with Crippen LogP contribution in [0.2, 0.25) is 5.28 Å². The molecule has 1 fully saturated rings. The number of nitrogens with zero attached hydrogens (tertiary/aromatic N) is 6. The average Bonchev–Trinajstić information content (AvgIpc) is 2.95. The Bertz CT molecular complexity index is 601. The molecule has 0 aliphatic carbocycles. The highest BCUT2D eigenvalue weighted by Crippen LogP contribution is 2.19. The quantitative estimate of drug-likeness (QED) is 0.925. The van der Waals surface area contributed by atoms with Crippen molar-refractivity contribution >= 4 is 17.5 Å². The highest BCUT2D eigenvalue weighted by molar-refractivity contribution is 6.28. The largest absolute Gasteiger partial charge is 0.351 e. The number of hydrogen-bond acceptors (Lipinski definition) is 6. The second-order valence-electron chi connectivity index (χ2n) is 5.48. The first-order valence-electron chi connectivity index (χ1n) is 6.97. The smallest absolute Gasteiger partial charge is 0.241 e. The number of likely N-dealkylation sites (tertiary alicyclic amines) is 1. The van der Waals surface area contributed by atoms with Crippen LogP contribution in [0, 0.1) is 5.92 Å². The summed E-state index contributed by atoms with van der Waals surface area (Å²) in [6, 6.07) is 0.343. The molecule has 2 aromatic rings. The zero-order valence-corrected chi connectivity index (χ0v) is 12.8. The summed E-state index contributed by atoms with van der Waals surface area (Å²) in [5.41, 5.74) is 0. The summed E-state index contributed by atoms with van der Waals surface area (Å²) in [5.74, 6) is 1.51. The summed E-state index contributed by atoms with van der Waals surface area (Å²) in [6.45, 7) is 4.35. The summed E-state index contributed by atoms with van der Waals surface area (Å²) in [7, 11) is 2.14. The Balaban J connectivity index is 1.79. The minimum absolute atomic E-state index is 0.178. The molecule has 2 unspecified atom stereocenters. The predicted octanol–water partition coefficient (Wildman–Crippen LogP) is 1.46. The highest BCUT2D eigenvalue weighted by Gasteiger charge is 2.25. The molecule has 1 N–H and O–H groups in total. The van der Waals surface area contributed by atoms with Crippen molar-refractivity contribution in [1.29, 1.82) is 0 Å². The Morgan fingerprint density at radius 2 is 2.19 bits per heavy atom. The molecule has 3 heterocycles. The van der Waals surface area contributed by atoms with Crippen molar-refractivity contribution in [2.24, 2.45) is 5.92 Å². The van der Waals surface area contributed by atoms with Crippen molar-refractivity contribution in [2.75, 3.05) is 25.5 Å². The number of anilines is 1. The van der Waals surface area contributed by atoms with Crippen LogP contribution in [0.3, 0.4) is 0 Å². The van der Waals surface area contributed by atoms with Crippen LogP contribution in [-0.4, -0.2) is 55.6 Å². The van der Waals surface area contributed by atoms with Crippen LogP contribution < -0.4 is 5.32 Å². The Morgan fingerprint density at radius 1 is 1.33 bits per heavy atom. The van der Waals surface area contributed by atoms with E-state index in [-0.39, 0.29) is 5.28 Å². The third-order valence-electron chi connectivity index (χ3n) is 3.75. The van der Waals surface area contributed by atoms with Crippen LogP contribution in [0.5, 0.6) is 0 Å². The van der Waals surface area contributed by atoms with Gasteiger partial charge in [-0.15, -0.1) is 0 Å². The lowest BCUT2D eigenvalue weighted by Crippen LogP contribution is -2.43. The van der Waals surface area contributed by atoms with E-state index in [2.05, 4.69) is 44.1 Å². The third-order valence-corrected chi connectivity index (χ3v) is 3.92. The Labute approximate surface area is 128 Å². The lowest BCUT2D eigenvalue weighted by molar-refractivity contribution is 0.205. The van der Waals surface area contributed by atoms with Gasteiger partial charge in [-0.3, -0.25) is 4.57 Å². The fourth-order valence-corrected chi connectivity index (χ4v) is 2.79. The summed E-state index contributed by atoms with van der Waals surface area (Å²) < 4.78 is 1.71. The molecule has 21 heavy (non-hydrogen) atoms. The number of aromatic nitrogens is 5. The second-order valence-corrected chi connectivity index (χ2v) is 5.82. The van der Waals surface area contributed by atoms with E-state index in [0.29, 0.717) is 23.9 Å². The van der Waals surface area contributed by atoms with E-state index in [1.54, 1.807) is 23.3 Å². The third kappa shape index (κ3) is 3.30. The van der Waals surface area contributed by atoms with Crippen molar-refractivity contribution in [2.45, 2.75) is 19.4 Å². The van der Waals surface area contributed by atoms with Gasteiger partial charge in [0.2, 0.25) is 17.2 Å². The van der Waals surface area contributed by atoms with Crippen molar-refractivity contribution in [3.63, 3.8) is 0 Å². The minimum atomic E-state index is 0.178. The lowest BCUT2D eigenvalue weighted by atomic mass is 9.94. The number of imidazole rings is 1. The molecular weight excluding hydrogens is 290 g/mol. The van der Waals surface area contributed by atoms with Crippen LogP contribution >= 0.6 is 11.6 Å². The zero-order valence-electron chi connectivity index (χ0n) is 12.1. The monoisotopic (exact) mass is 307 g/mol. The Hall–Kier alpha value is -1.73. The maximum Gasteiger partial charge on any atom is 0.241 e. The molecule has 1 saturated heterocycles. The molecule has 2 aromatic heterocycles. The maximum absolute atomic E-state index is 6.00. The molecule has 0 bridgehead atoms. The van der Waals surface area contributed by atoms with E-state index >= 15 is 0 Å². The fraction of sp³-hybridized carbons (Fsp3) is 0.538. The van der Waals surface area contributed by atoms with Crippen molar-refractivity contribution in [3.05, 3.63) is 24.0 Å². The van der Waals surface area contributed by atoms with E-state index in [0.717, 1.165) is 19.5 Å². The van der Waals surface area contributed by atoms with Crippen LogP contribution in [0.4, 0.5) is 5.95 Å². The van der Waals surface area contributed by atoms with Gasteiger partial charge in [0, 0.05) is 25.0 Å². The van der Waals surface area contributed by atoms with Gasteiger partial charge in [0.05, 0.1) is 0 Å². The first-order chi connectivity index (χ1) is 10.1. The van der Waals surface area contributed by atoms with Gasteiger partial charge in [-0.05, 0) is 37.5 Å². The molecule has 112 valence electrons. The van der Waals surface area contributed by atoms with Crippen molar-refractivity contribution in [1.82, 2.24) is 29.4 Å². The lowest BCUT2D eigenvalue weighted by Gasteiger charge is -2.35. The summed E-state index contributed by atoms with van der Waals surface area (Å²) in [6.07, 6.45) is 6.13. The summed E-state index contributed by atoms with van der Waals surface area (Å²) >= 11 is 6.00. The molecule has 1 aliphatic heterocycles. The second kappa shape index (κ2) is 5.95. The number of rotatable bonds is 3. The van der Waals surface area contributed by atoms with Gasteiger partial charge in [-0.1, -0.05) is 6.92 Å². The molecular formula is C13H18ClN7. The minimum Gasteiger partial charge on any atom is -0.351 e. The topological polar surface area (TPSA) is 71.8 Å². The standard InChI is InChI=1S/C13H18ClN7/c1-9-7-20(2)5-3-10(9)16-12-17-11(14)18-13(19-12)21-6-4-15-8-21/h4,6,8-10H,3,5,7H2,1-2H3,(H,16,17,18,19). The number of halogens is 1. The van der Waals surface area contributed by atoms with Gasteiger partial charge < -0.3 is 10.2 Å². The van der Waals surface area contributed by atoms with E-state index in [9.17, 15) is 0 Å². The highest BCUT2D eigenvalue weighted by atomic mass is 35.5. The molecule has 0 spiro atoms. The summed E-state index contributed by atoms with van der Waals surface area (Å²) in [5, 5.41) is 3.56. The Kier molecular flexibility index (Phi) is 4.03. The van der Waals surface area contributed by atoms with E-state index in [4.69, 9.17) is 11.6 Å². The fourth-order valence-electron chi connectivity index (χ4n) is 2.63. The van der Waals surface area contributed by atoms with E-state index in [1.807, 2.05) is 0 Å². The first-order valence-corrected chi connectivity index (χ1v) is 7.34. The molecule has 7 nitrogen and oxygen atoms in total. The van der Waals surface area contributed by atoms with E-state index in [1.165, 1.54) is 0 Å². The van der Waals surface area contributed by atoms with Crippen LogP contribution in [0.25, 0.3) is 5.95 Å². The average molecular weight is 308 g/mol. The van der Waals surface area contributed by atoms with Gasteiger partial charge in [0.25, 0.3) is 0 Å². The molecule has 8 heteroatoms. The molecule has 0 radical (unpaired) electrons. The van der Waals surface area contributed by atoms with Gasteiger partial charge in [0.15, 0.2) is 0 Å². The first kappa shape index (κ1) is 14.2.